The Morgan fingerprint density at radius 1 is 1.30 bits per heavy atom. The molecule has 3 heterocycles. The Kier molecular flexibility index (Phi) is 4.82. The number of piperidine rings is 1. The van der Waals surface area contributed by atoms with Gasteiger partial charge in [-0.3, -0.25) is 4.79 Å². The van der Waals surface area contributed by atoms with Gasteiger partial charge in [0.1, 0.15) is 5.82 Å². The standard InChI is InChI=1S/C17H26N4O2/c1-18-16(22)14-5-4-8-19-15(14)21-11-6-17(23,7-12-21)13-20-9-2-3-10-20/h4-5,8,23H,2-3,6-7,9-13H2,1H3,(H,18,22). The first-order chi connectivity index (χ1) is 11.1. The van der Waals surface area contributed by atoms with Crippen LogP contribution in [0.3, 0.4) is 0 Å². The zero-order chi connectivity index (χ0) is 16.3. The second-order valence-corrected chi connectivity index (χ2v) is 6.65. The van der Waals surface area contributed by atoms with Crippen LogP contribution in [-0.4, -0.2) is 66.3 Å². The Bertz CT molecular complexity index is 549. The van der Waals surface area contributed by atoms with E-state index in [1.54, 1.807) is 25.4 Å². The van der Waals surface area contributed by atoms with Crippen molar-refractivity contribution in [1.82, 2.24) is 15.2 Å². The van der Waals surface area contributed by atoms with Gasteiger partial charge in [-0.05, 0) is 50.9 Å². The summed E-state index contributed by atoms with van der Waals surface area (Å²) in [7, 11) is 1.63. The van der Waals surface area contributed by atoms with E-state index in [2.05, 4.69) is 20.1 Å². The molecule has 23 heavy (non-hydrogen) atoms. The summed E-state index contributed by atoms with van der Waals surface area (Å²) in [5, 5.41) is 13.5. The normalized spacial score (nSPS) is 21.4. The number of carbonyl (C=O) groups excluding carboxylic acids is 1. The van der Waals surface area contributed by atoms with Crippen LogP contribution in [0.25, 0.3) is 0 Å². The average molecular weight is 318 g/mol. The summed E-state index contributed by atoms with van der Waals surface area (Å²) in [6, 6.07) is 3.58. The molecule has 2 saturated heterocycles. The van der Waals surface area contributed by atoms with Crippen LogP contribution in [0.15, 0.2) is 18.3 Å². The summed E-state index contributed by atoms with van der Waals surface area (Å²) in [5.41, 5.74) is -0.0111. The molecule has 0 radical (unpaired) electrons. The van der Waals surface area contributed by atoms with Gasteiger partial charge in [0.15, 0.2) is 0 Å². The number of hydrogen-bond acceptors (Lipinski definition) is 5. The fourth-order valence-corrected chi connectivity index (χ4v) is 3.61. The van der Waals surface area contributed by atoms with Crippen molar-refractivity contribution in [3.63, 3.8) is 0 Å². The number of hydrogen-bond donors (Lipinski definition) is 2. The van der Waals surface area contributed by atoms with Crippen molar-refractivity contribution < 1.29 is 9.90 Å². The minimum atomic E-state index is -0.608. The van der Waals surface area contributed by atoms with E-state index in [1.165, 1.54) is 12.8 Å². The monoisotopic (exact) mass is 318 g/mol. The van der Waals surface area contributed by atoms with E-state index in [0.717, 1.165) is 38.5 Å². The molecular formula is C17H26N4O2. The lowest BCUT2D eigenvalue weighted by Gasteiger charge is -2.41. The van der Waals surface area contributed by atoms with Gasteiger partial charge in [0.25, 0.3) is 5.91 Å². The van der Waals surface area contributed by atoms with Crippen molar-refractivity contribution in [1.29, 1.82) is 0 Å². The minimum absolute atomic E-state index is 0.119. The van der Waals surface area contributed by atoms with Crippen LogP contribution in [0.2, 0.25) is 0 Å². The van der Waals surface area contributed by atoms with Crippen molar-refractivity contribution in [2.24, 2.45) is 0 Å². The Hall–Kier alpha value is -1.66. The fraction of sp³-hybridized carbons (Fsp3) is 0.647. The zero-order valence-corrected chi connectivity index (χ0v) is 13.8. The maximum atomic E-state index is 12.0. The predicted octanol–water partition coefficient (Wildman–Crippen LogP) is 0.868. The fourth-order valence-electron chi connectivity index (χ4n) is 3.61. The molecule has 0 aromatic carbocycles. The summed E-state index contributed by atoms with van der Waals surface area (Å²) in [5.74, 6) is 0.598. The third-order valence-electron chi connectivity index (χ3n) is 4.97. The number of amides is 1. The first kappa shape index (κ1) is 16.2. The predicted molar refractivity (Wildman–Crippen MR) is 89.7 cm³/mol. The summed E-state index contributed by atoms with van der Waals surface area (Å²) < 4.78 is 0. The van der Waals surface area contributed by atoms with Crippen LogP contribution >= 0.6 is 0 Å². The molecule has 1 aromatic rings. The molecule has 2 aliphatic heterocycles. The number of aliphatic hydroxyl groups is 1. The second-order valence-electron chi connectivity index (χ2n) is 6.65. The Labute approximate surface area is 137 Å². The number of anilines is 1. The summed E-state index contributed by atoms with van der Waals surface area (Å²) in [6.45, 7) is 4.43. The van der Waals surface area contributed by atoms with E-state index in [4.69, 9.17) is 0 Å². The Morgan fingerprint density at radius 3 is 2.65 bits per heavy atom. The number of likely N-dealkylation sites (tertiary alicyclic amines) is 1. The van der Waals surface area contributed by atoms with Crippen LogP contribution < -0.4 is 10.2 Å². The molecule has 0 unspecified atom stereocenters. The number of β-amino-alcohol motifs (C(OH)–C–C–N with tert-alkyl or cyclic N) is 1. The number of carbonyl (C=O) groups is 1. The summed E-state index contributed by atoms with van der Waals surface area (Å²) in [6.07, 6.45) is 5.63. The number of pyridine rings is 1. The largest absolute Gasteiger partial charge is 0.388 e. The summed E-state index contributed by atoms with van der Waals surface area (Å²) in [4.78, 5) is 20.9. The molecule has 6 heteroatoms. The average Bonchev–Trinajstić information content (AvgIpc) is 3.07. The summed E-state index contributed by atoms with van der Waals surface area (Å²) >= 11 is 0. The van der Waals surface area contributed by atoms with E-state index in [0.29, 0.717) is 18.4 Å². The highest BCUT2D eigenvalue weighted by molar-refractivity contribution is 5.98. The Morgan fingerprint density at radius 2 is 2.00 bits per heavy atom. The number of rotatable bonds is 4. The topological polar surface area (TPSA) is 68.7 Å². The number of aromatic nitrogens is 1. The highest BCUT2D eigenvalue weighted by atomic mass is 16.3. The van der Waals surface area contributed by atoms with E-state index < -0.39 is 5.60 Å². The lowest BCUT2D eigenvalue weighted by atomic mass is 9.90. The number of nitrogens with one attached hydrogen (secondary N) is 1. The van der Waals surface area contributed by atoms with Crippen LogP contribution in [-0.2, 0) is 0 Å². The second kappa shape index (κ2) is 6.84. The van der Waals surface area contributed by atoms with Crippen LogP contribution in [0, 0.1) is 0 Å². The lowest BCUT2D eigenvalue weighted by Crippen LogP contribution is -2.51. The van der Waals surface area contributed by atoms with Crippen LogP contribution in [0.5, 0.6) is 0 Å². The molecule has 0 saturated carbocycles. The van der Waals surface area contributed by atoms with Crippen molar-refractivity contribution in [3.05, 3.63) is 23.9 Å². The first-order valence-corrected chi connectivity index (χ1v) is 8.48. The molecule has 126 valence electrons. The molecule has 0 atom stereocenters. The van der Waals surface area contributed by atoms with Crippen LogP contribution in [0.4, 0.5) is 5.82 Å². The molecule has 6 nitrogen and oxygen atoms in total. The Balaban J connectivity index is 1.66. The lowest BCUT2D eigenvalue weighted by molar-refractivity contribution is -0.0111. The van der Waals surface area contributed by atoms with Gasteiger partial charge in [-0.2, -0.15) is 0 Å². The van der Waals surface area contributed by atoms with Crippen molar-refractivity contribution in [2.45, 2.75) is 31.3 Å². The molecule has 1 aromatic heterocycles. The first-order valence-electron chi connectivity index (χ1n) is 8.48. The van der Waals surface area contributed by atoms with Gasteiger partial charge in [-0.25, -0.2) is 4.98 Å². The van der Waals surface area contributed by atoms with Crippen molar-refractivity contribution in [3.8, 4) is 0 Å². The van der Waals surface area contributed by atoms with Crippen molar-refractivity contribution in [2.75, 3.05) is 44.7 Å². The van der Waals surface area contributed by atoms with E-state index in [-0.39, 0.29) is 5.91 Å². The quantitative estimate of drug-likeness (QED) is 0.862. The molecule has 2 fully saturated rings. The van der Waals surface area contributed by atoms with E-state index in [9.17, 15) is 9.90 Å². The van der Waals surface area contributed by atoms with E-state index >= 15 is 0 Å². The van der Waals surface area contributed by atoms with Crippen molar-refractivity contribution >= 4 is 11.7 Å². The van der Waals surface area contributed by atoms with Crippen LogP contribution in [0.1, 0.15) is 36.0 Å². The maximum Gasteiger partial charge on any atom is 0.254 e. The molecule has 2 aliphatic rings. The van der Waals surface area contributed by atoms with Gasteiger partial charge in [-0.15, -0.1) is 0 Å². The van der Waals surface area contributed by atoms with Gasteiger partial charge in [0.05, 0.1) is 11.2 Å². The maximum absolute atomic E-state index is 12.0. The third kappa shape index (κ3) is 3.64. The molecule has 0 aliphatic carbocycles. The minimum Gasteiger partial charge on any atom is -0.388 e. The molecule has 0 spiro atoms. The van der Waals surface area contributed by atoms with E-state index in [1.807, 2.05) is 0 Å². The molecule has 0 bridgehead atoms. The molecule has 3 rings (SSSR count). The SMILES string of the molecule is CNC(=O)c1cccnc1N1CCC(O)(CN2CCCC2)CC1. The molecule has 2 N–H and O–H groups in total. The number of nitrogens with zero attached hydrogens (tertiary/aromatic N) is 3. The zero-order valence-electron chi connectivity index (χ0n) is 13.8. The van der Waals surface area contributed by atoms with Gasteiger partial charge in [0.2, 0.25) is 0 Å². The molecule has 1 amide bonds. The highest BCUT2D eigenvalue weighted by Crippen LogP contribution is 2.28. The van der Waals surface area contributed by atoms with Gasteiger partial charge < -0.3 is 20.2 Å². The highest BCUT2D eigenvalue weighted by Gasteiger charge is 2.35. The van der Waals surface area contributed by atoms with Gasteiger partial charge in [0, 0.05) is 32.9 Å². The van der Waals surface area contributed by atoms with Gasteiger partial charge >= 0.3 is 0 Å². The smallest absolute Gasteiger partial charge is 0.254 e. The van der Waals surface area contributed by atoms with Gasteiger partial charge in [-0.1, -0.05) is 0 Å². The molecular weight excluding hydrogens is 292 g/mol. The third-order valence-corrected chi connectivity index (χ3v) is 4.97.